The average Bonchev–Trinajstić information content (AvgIpc) is 3.15. The minimum Gasteiger partial charge on any atom is -0.490 e. The van der Waals surface area contributed by atoms with Gasteiger partial charge in [-0.15, -0.1) is 8.78 Å². The quantitative estimate of drug-likeness (QED) is 0.486. The summed E-state index contributed by atoms with van der Waals surface area (Å²) in [5.41, 5.74) is 0.526. The van der Waals surface area contributed by atoms with E-state index in [1.165, 1.54) is 12.1 Å². The number of carbonyl (C=O) groups is 3. The Hall–Kier alpha value is -3.89. The summed E-state index contributed by atoms with van der Waals surface area (Å²) in [6, 6.07) is 10.3. The first kappa shape index (κ1) is 24.2. The van der Waals surface area contributed by atoms with E-state index in [1.807, 2.05) is 0 Å². The molecule has 2 aromatic carbocycles. The molecule has 0 saturated heterocycles. The summed E-state index contributed by atoms with van der Waals surface area (Å²) in [7, 11) is 0. The van der Waals surface area contributed by atoms with Gasteiger partial charge in [0.15, 0.2) is 11.5 Å². The maximum Gasteiger partial charge on any atom is 0.586 e. The number of carboxylic acids is 1. The summed E-state index contributed by atoms with van der Waals surface area (Å²) in [6.07, 6.45) is -1.29. The highest BCUT2D eigenvalue weighted by Gasteiger charge is 2.43. The number of nitrogens with one attached hydrogen (secondary N) is 2. The van der Waals surface area contributed by atoms with Crippen molar-refractivity contribution in [2.75, 3.05) is 13.1 Å². The van der Waals surface area contributed by atoms with E-state index in [9.17, 15) is 23.2 Å². The molecule has 0 aromatic heterocycles. The highest BCUT2D eigenvalue weighted by Crippen LogP contribution is 2.41. The van der Waals surface area contributed by atoms with Crippen LogP contribution >= 0.6 is 0 Å². The first-order valence-electron chi connectivity index (χ1n) is 11.2. The van der Waals surface area contributed by atoms with E-state index >= 15 is 0 Å². The lowest BCUT2D eigenvalue weighted by molar-refractivity contribution is -0.286. The highest BCUT2D eigenvalue weighted by atomic mass is 19.3. The van der Waals surface area contributed by atoms with Gasteiger partial charge < -0.3 is 30.0 Å². The molecule has 4 rings (SSSR count). The first-order chi connectivity index (χ1) is 16.7. The van der Waals surface area contributed by atoms with Crippen molar-refractivity contribution in [3.63, 3.8) is 0 Å². The van der Waals surface area contributed by atoms with Crippen LogP contribution < -0.4 is 24.8 Å². The molecule has 1 fully saturated rings. The molecule has 35 heavy (non-hydrogen) atoms. The second kappa shape index (κ2) is 10.2. The lowest BCUT2D eigenvalue weighted by atomic mass is 9.87. The Bertz CT molecular complexity index is 1100. The third-order valence-corrected chi connectivity index (χ3v) is 5.80. The van der Waals surface area contributed by atoms with E-state index in [1.54, 1.807) is 24.3 Å². The van der Waals surface area contributed by atoms with E-state index < -0.39 is 18.2 Å². The van der Waals surface area contributed by atoms with Crippen LogP contribution in [-0.4, -0.2) is 48.4 Å². The van der Waals surface area contributed by atoms with Crippen LogP contribution in [0.1, 0.15) is 46.4 Å². The number of fused-ring (bicyclic) bond motifs is 1. The standard InChI is InChI=1S/C24H24F2N2O7/c25-24(26)34-19-10-5-16(13-20(19)35-24)22(30)28-12-11-27-21(29)14-1-6-17(7-2-14)33-18-8-3-15(4-9-18)23(31)32/h1-2,5-7,10,13,15,18H,3-4,8-9,11-12H2,(H,27,29)(H,28,30)(H,31,32). The van der Waals surface area contributed by atoms with Crippen molar-refractivity contribution in [2.45, 2.75) is 38.1 Å². The highest BCUT2D eigenvalue weighted by molar-refractivity contribution is 5.95. The van der Waals surface area contributed by atoms with Gasteiger partial charge in [-0.1, -0.05) is 0 Å². The van der Waals surface area contributed by atoms with Crippen molar-refractivity contribution in [1.29, 1.82) is 0 Å². The van der Waals surface area contributed by atoms with Crippen molar-refractivity contribution in [2.24, 2.45) is 5.92 Å². The van der Waals surface area contributed by atoms with Crippen LogP contribution in [0.4, 0.5) is 8.78 Å². The second-order valence-corrected chi connectivity index (χ2v) is 8.29. The number of amides is 2. The van der Waals surface area contributed by atoms with Crippen LogP contribution in [0.3, 0.4) is 0 Å². The van der Waals surface area contributed by atoms with E-state index in [-0.39, 0.29) is 48.1 Å². The van der Waals surface area contributed by atoms with Gasteiger partial charge in [0.1, 0.15) is 5.75 Å². The molecule has 0 unspecified atom stereocenters. The van der Waals surface area contributed by atoms with Crippen LogP contribution in [0, 0.1) is 5.92 Å². The van der Waals surface area contributed by atoms with Gasteiger partial charge in [0.25, 0.3) is 11.8 Å². The lowest BCUT2D eigenvalue weighted by Crippen LogP contribution is -2.34. The topological polar surface area (TPSA) is 123 Å². The predicted molar refractivity (Wildman–Crippen MR) is 118 cm³/mol. The van der Waals surface area contributed by atoms with E-state index in [0.717, 1.165) is 6.07 Å². The number of halogens is 2. The predicted octanol–water partition coefficient (Wildman–Crippen LogP) is 3.19. The van der Waals surface area contributed by atoms with Gasteiger partial charge in [-0.3, -0.25) is 14.4 Å². The molecule has 2 amide bonds. The summed E-state index contributed by atoms with van der Waals surface area (Å²) < 4.78 is 40.7. The molecule has 2 aliphatic rings. The minimum absolute atomic E-state index is 0.0462. The number of alkyl halides is 2. The van der Waals surface area contributed by atoms with Gasteiger partial charge in [0.2, 0.25) is 0 Å². The minimum atomic E-state index is -3.76. The Morgan fingerprint density at radius 2 is 1.46 bits per heavy atom. The summed E-state index contributed by atoms with van der Waals surface area (Å²) in [6.45, 7) is 0.271. The largest absolute Gasteiger partial charge is 0.586 e. The molecule has 0 spiro atoms. The van der Waals surface area contributed by atoms with Crippen molar-refractivity contribution in [1.82, 2.24) is 10.6 Å². The van der Waals surface area contributed by atoms with Crippen LogP contribution in [0.25, 0.3) is 0 Å². The number of carboxylic acid groups (broad SMARTS) is 1. The molecule has 0 radical (unpaired) electrons. The zero-order chi connectivity index (χ0) is 25.0. The molecule has 9 nitrogen and oxygen atoms in total. The van der Waals surface area contributed by atoms with Crippen molar-refractivity contribution < 1.29 is 42.5 Å². The Balaban J connectivity index is 1.18. The molecular weight excluding hydrogens is 466 g/mol. The van der Waals surface area contributed by atoms with Gasteiger partial charge >= 0.3 is 12.3 Å². The zero-order valence-corrected chi connectivity index (χ0v) is 18.6. The molecule has 1 aliphatic heterocycles. The van der Waals surface area contributed by atoms with Gasteiger partial charge in [0.05, 0.1) is 12.0 Å². The maximum atomic E-state index is 13.1. The van der Waals surface area contributed by atoms with Crippen molar-refractivity contribution in [3.05, 3.63) is 53.6 Å². The molecule has 0 bridgehead atoms. The molecule has 1 aliphatic carbocycles. The van der Waals surface area contributed by atoms with Crippen molar-refractivity contribution >= 4 is 17.8 Å². The van der Waals surface area contributed by atoms with Gasteiger partial charge in [-0.25, -0.2) is 0 Å². The number of ether oxygens (including phenoxy) is 3. The van der Waals surface area contributed by atoms with Gasteiger partial charge in [-0.05, 0) is 68.1 Å². The van der Waals surface area contributed by atoms with E-state index in [2.05, 4.69) is 20.1 Å². The van der Waals surface area contributed by atoms with Crippen LogP contribution in [-0.2, 0) is 4.79 Å². The van der Waals surface area contributed by atoms with Gasteiger partial charge in [-0.2, -0.15) is 0 Å². The molecule has 186 valence electrons. The molecule has 0 atom stereocenters. The maximum absolute atomic E-state index is 13.1. The molecule has 11 heteroatoms. The Morgan fingerprint density at radius 1 is 0.886 bits per heavy atom. The monoisotopic (exact) mass is 490 g/mol. The summed E-state index contributed by atoms with van der Waals surface area (Å²) in [5, 5.41) is 14.3. The number of aliphatic carboxylic acids is 1. The molecule has 2 aromatic rings. The number of carbonyl (C=O) groups excluding carboxylic acids is 2. The van der Waals surface area contributed by atoms with Crippen LogP contribution in [0.15, 0.2) is 42.5 Å². The number of hydrogen-bond acceptors (Lipinski definition) is 6. The summed E-state index contributed by atoms with van der Waals surface area (Å²) in [5.74, 6) is -1.70. The average molecular weight is 490 g/mol. The SMILES string of the molecule is O=C(NCCNC(=O)c1ccc2c(c1)OC(F)(F)O2)c1ccc(OC2CCC(C(=O)O)CC2)cc1. The third kappa shape index (κ3) is 6.17. The Labute approximate surface area is 199 Å². The molecular formula is C24H24F2N2O7. The Morgan fingerprint density at radius 3 is 2.09 bits per heavy atom. The molecule has 1 heterocycles. The zero-order valence-electron chi connectivity index (χ0n) is 18.6. The third-order valence-electron chi connectivity index (χ3n) is 5.80. The Kier molecular flexibility index (Phi) is 7.04. The van der Waals surface area contributed by atoms with Crippen LogP contribution in [0.5, 0.6) is 17.2 Å². The summed E-state index contributed by atoms with van der Waals surface area (Å²) >= 11 is 0. The van der Waals surface area contributed by atoms with E-state index in [0.29, 0.717) is 37.0 Å². The lowest BCUT2D eigenvalue weighted by Gasteiger charge is -2.26. The fraction of sp³-hybridized carbons (Fsp3) is 0.375. The first-order valence-corrected chi connectivity index (χ1v) is 11.2. The number of hydrogen-bond donors (Lipinski definition) is 3. The molecule has 1 saturated carbocycles. The fourth-order valence-corrected chi connectivity index (χ4v) is 3.95. The normalized spacial score (nSPS) is 20.1. The number of benzene rings is 2. The van der Waals surface area contributed by atoms with Crippen molar-refractivity contribution in [3.8, 4) is 17.2 Å². The van der Waals surface area contributed by atoms with Crippen LogP contribution in [0.2, 0.25) is 0 Å². The second-order valence-electron chi connectivity index (χ2n) is 8.29. The van der Waals surface area contributed by atoms with E-state index in [4.69, 9.17) is 9.84 Å². The molecule has 3 N–H and O–H groups in total. The number of rotatable bonds is 8. The van der Waals surface area contributed by atoms with Gasteiger partial charge in [0, 0.05) is 24.2 Å². The smallest absolute Gasteiger partial charge is 0.490 e. The summed E-state index contributed by atoms with van der Waals surface area (Å²) in [4.78, 5) is 35.6. The fourth-order valence-electron chi connectivity index (χ4n) is 3.95.